The summed E-state index contributed by atoms with van der Waals surface area (Å²) >= 11 is 11.2. The lowest BCUT2D eigenvalue weighted by atomic mass is 10.1. The SMILES string of the molecule is C[C@@H](N)c1ccc(SCc2ccc(Cl)cc2)cc1Br. The molecule has 2 rings (SSSR count). The molecule has 0 bridgehead atoms. The average molecular weight is 357 g/mol. The topological polar surface area (TPSA) is 26.0 Å². The lowest BCUT2D eigenvalue weighted by Crippen LogP contribution is -2.05. The van der Waals surface area contributed by atoms with Crippen molar-refractivity contribution in [2.45, 2.75) is 23.6 Å². The van der Waals surface area contributed by atoms with Gasteiger partial charge >= 0.3 is 0 Å². The van der Waals surface area contributed by atoms with Crippen molar-refractivity contribution in [3.05, 3.63) is 63.1 Å². The van der Waals surface area contributed by atoms with Crippen molar-refractivity contribution in [1.29, 1.82) is 0 Å². The summed E-state index contributed by atoms with van der Waals surface area (Å²) in [4.78, 5) is 1.23. The van der Waals surface area contributed by atoms with Crippen LogP contribution in [0.3, 0.4) is 0 Å². The average Bonchev–Trinajstić information content (AvgIpc) is 2.37. The summed E-state index contributed by atoms with van der Waals surface area (Å²) in [5, 5.41) is 0.776. The molecule has 2 N–H and O–H groups in total. The van der Waals surface area contributed by atoms with Gasteiger partial charge in [0.25, 0.3) is 0 Å². The van der Waals surface area contributed by atoms with Gasteiger partial charge in [0.2, 0.25) is 0 Å². The zero-order chi connectivity index (χ0) is 13.8. The summed E-state index contributed by atoms with van der Waals surface area (Å²) in [5.41, 5.74) is 8.30. The van der Waals surface area contributed by atoms with Gasteiger partial charge in [0.15, 0.2) is 0 Å². The highest BCUT2D eigenvalue weighted by Gasteiger charge is 2.06. The molecule has 2 aromatic rings. The van der Waals surface area contributed by atoms with Gasteiger partial charge in [0.1, 0.15) is 0 Å². The fourth-order valence-electron chi connectivity index (χ4n) is 1.71. The Morgan fingerprint density at radius 1 is 1.21 bits per heavy atom. The zero-order valence-electron chi connectivity index (χ0n) is 10.6. The number of thioether (sulfide) groups is 1. The second-order valence-electron chi connectivity index (χ2n) is 4.39. The molecule has 0 aliphatic heterocycles. The summed E-state index contributed by atoms with van der Waals surface area (Å²) in [6.45, 7) is 1.99. The van der Waals surface area contributed by atoms with E-state index in [-0.39, 0.29) is 6.04 Å². The molecule has 100 valence electrons. The fourth-order valence-corrected chi connectivity index (χ4v) is 3.62. The quantitative estimate of drug-likeness (QED) is 0.741. The Morgan fingerprint density at radius 3 is 2.47 bits per heavy atom. The summed E-state index contributed by atoms with van der Waals surface area (Å²) in [6, 6.07) is 14.3. The highest BCUT2D eigenvalue weighted by molar-refractivity contribution is 9.10. The van der Waals surface area contributed by atoms with Crippen molar-refractivity contribution in [3.63, 3.8) is 0 Å². The molecule has 0 radical (unpaired) electrons. The van der Waals surface area contributed by atoms with Crippen LogP contribution in [0.2, 0.25) is 5.02 Å². The van der Waals surface area contributed by atoms with Gasteiger partial charge in [-0.25, -0.2) is 0 Å². The van der Waals surface area contributed by atoms with E-state index in [0.717, 1.165) is 20.8 Å². The maximum Gasteiger partial charge on any atom is 0.0406 e. The van der Waals surface area contributed by atoms with Crippen molar-refractivity contribution in [2.75, 3.05) is 0 Å². The van der Waals surface area contributed by atoms with Crippen molar-refractivity contribution in [2.24, 2.45) is 5.73 Å². The number of benzene rings is 2. The van der Waals surface area contributed by atoms with E-state index in [1.54, 1.807) is 11.8 Å². The normalized spacial score (nSPS) is 12.4. The molecule has 0 saturated heterocycles. The third kappa shape index (κ3) is 4.25. The van der Waals surface area contributed by atoms with Crippen molar-refractivity contribution < 1.29 is 0 Å². The second-order valence-corrected chi connectivity index (χ2v) is 6.73. The molecule has 0 saturated carbocycles. The van der Waals surface area contributed by atoms with Gasteiger partial charge in [-0.15, -0.1) is 11.8 Å². The Kier molecular flexibility index (Phi) is 5.34. The van der Waals surface area contributed by atoms with Gasteiger partial charge in [0.05, 0.1) is 0 Å². The predicted octanol–water partition coefficient (Wildman–Crippen LogP) is 5.41. The minimum absolute atomic E-state index is 0.0460. The smallest absolute Gasteiger partial charge is 0.0406 e. The van der Waals surface area contributed by atoms with Crippen LogP contribution in [-0.4, -0.2) is 0 Å². The van der Waals surface area contributed by atoms with E-state index in [2.05, 4.69) is 46.3 Å². The van der Waals surface area contributed by atoms with Gasteiger partial charge in [-0.2, -0.15) is 0 Å². The lowest BCUT2D eigenvalue weighted by molar-refractivity contribution is 0.811. The number of hydrogen-bond acceptors (Lipinski definition) is 2. The van der Waals surface area contributed by atoms with Crippen molar-refractivity contribution >= 4 is 39.3 Å². The van der Waals surface area contributed by atoms with Crippen LogP contribution in [0, 0.1) is 0 Å². The van der Waals surface area contributed by atoms with Crippen LogP contribution in [0.4, 0.5) is 0 Å². The minimum Gasteiger partial charge on any atom is -0.324 e. The molecule has 0 unspecified atom stereocenters. The Hall–Kier alpha value is -0.480. The molecule has 0 aliphatic carbocycles. The van der Waals surface area contributed by atoms with E-state index in [0.29, 0.717) is 0 Å². The Morgan fingerprint density at radius 2 is 1.89 bits per heavy atom. The molecular weight excluding hydrogens is 342 g/mol. The summed E-state index contributed by atoms with van der Waals surface area (Å²) in [7, 11) is 0. The molecule has 0 fully saturated rings. The Labute approximate surface area is 131 Å². The fraction of sp³-hybridized carbons (Fsp3) is 0.200. The molecule has 1 atom stereocenters. The van der Waals surface area contributed by atoms with Gasteiger partial charge in [-0.3, -0.25) is 0 Å². The maximum atomic E-state index is 5.89. The Balaban J connectivity index is 2.04. The van der Waals surface area contributed by atoms with Crippen molar-refractivity contribution in [3.8, 4) is 0 Å². The number of halogens is 2. The van der Waals surface area contributed by atoms with E-state index in [1.165, 1.54) is 10.5 Å². The summed E-state index contributed by atoms with van der Waals surface area (Å²) in [6.07, 6.45) is 0. The predicted molar refractivity (Wildman–Crippen MR) is 87.8 cm³/mol. The largest absolute Gasteiger partial charge is 0.324 e. The molecule has 0 amide bonds. The van der Waals surface area contributed by atoms with E-state index in [9.17, 15) is 0 Å². The van der Waals surface area contributed by atoms with E-state index in [1.807, 2.05) is 19.1 Å². The van der Waals surface area contributed by atoms with Crippen LogP contribution in [0.15, 0.2) is 51.8 Å². The van der Waals surface area contributed by atoms with Crippen LogP contribution in [0.5, 0.6) is 0 Å². The Bertz CT molecular complexity index is 555. The first kappa shape index (κ1) is 14.9. The van der Waals surface area contributed by atoms with Crippen LogP contribution in [0.25, 0.3) is 0 Å². The second kappa shape index (κ2) is 6.80. The third-order valence-electron chi connectivity index (χ3n) is 2.78. The van der Waals surface area contributed by atoms with E-state index >= 15 is 0 Å². The minimum atomic E-state index is 0.0460. The van der Waals surface area contributed by atoms with Gasteiger partial charge < -0.3 is 5.73 Å². The standard InChI is InChI=1S/C15H15BrClNS/c1-10(18)14-7-6-13(8-15(14)16)19-9-11-2-4-12(17)5-3-11/h2-8,10H,9,18H2,1H3/t10-/m1/s1. The monoisotopic (exact) mass is 355 g/mol. The first-order chi connectivity index (χ1) is 9.06. The lowest BCUT2D eigenvalue weighted by Gasteiger charge is -2.10. The number of nitrogens with two attached hydrogens (primary N) is 1. The van der Waals surface area contributed by atoms with Gasteiger partial charge in [0, 0.05) is 26.2 Å². The highest BCUT2D eigenvalue weighted by atomic mass is 79.9. The molecular formula is C15H15BrClNS. The molecule has 2 aromatic carbocycles. The first-order valence-electron chi connectivity index (χ1n) is 5.98. The van der Waals surface area contributed by atoms with Crippen LogP contribution in [0.1, 0.15) is 24.1 Å². The number of hydrogen-bond donors (Lipinski definition) is 1. The molecule has 0 aliphatic rings. The van der Waals surface area contributed by atoms with E-state index in [4.69, 9.17) is 17.3 Å². The number of rotatable bonds is 4. The van der Waals surface area contributed by atoms with Gasteiger partial charge in [-0.1, -0.05) is 45.7 Å². The molecule has 0 aromatic heterocycles. The maximum absolute atomic E-state index is 5.89. The van der Waals surface area contributed by atoms with Crippen LogP contribution >= 0.6 is 39.3 Å². The zero-order valence-corrected chi connectivity index (χ0v) is 13.7. The van der Waals surface area contributed by atoms with Crippen LogP contribution < -0.4 is 5.73 Å². The van der Waals surface area contributed by atoms with E-state index < -0.39 is 0 Å². The van der Waals surface area contributed by atoms with Gasteiger partial charge in [-0.05, 0) is 42.3 Å². The third-order valence-corrected chi connectivity index (χ3v) is 4.78. The highest BCUT2D eigenvalue weighted by Crippen LogP contribution is 2.30. The molecule has 0 spiro atoms. The summed E-state index contributed by atoms with van der Waals surface area (Å²) in [5.74, 6) is 0.932. The van der Waals surface area contributed by atoms with Crippen molar-refractivity contribution in [1.82, 2.24) is 0 Å². The first-order valence-corrected chi connectivity index (χ1v) is 8.14. The van der Waals surface area contributed by atoms with Crippen LogP contribution in [-0.2, 0) is 5.75 Å². The molecule has 4 heteroatoms. The molecule has 0 heterocycles. The summed E-state index contributed by atoms with van der Waals surface area (Å²) < 4.78 is 1.07. The molecule has 19 heavy (non-hydrogen) atoms. The molecule has 1 nitrogen and oxygen atoms in total.